The maximum Gasteiger partial charge on any atom is 0.175 e. The molecule has 0 amide bonds. The molecule has 0 aromatic heterocycles. The van der Waals surface area contributed by atoms with Crippen LogP contribution in [0, 0.1) is 22.7 Å². The summed E-state index contributed by atoms with van der Waals surface area (Å²) < 4.78 is 11.7. The number of halogens is 1. The fourth-order valence-corrected chi connectivity index (χ4v) is 2.05. The lowest BCUT2D eigenvalue weighted by Gasteiger charge is -2.13. The largest absolute Gasteiger partial charge is 0.490 e. The number of ether oxygens (including phenoxy) is 2. The topological polar surface area (TPSA) is 66.0 Å². The van der Waals surface area contributed by atoms with Crippen LogP contribution in [0.5, 0.6) is 11.5 Å². The van der Waals surface area contributed by atoms with Crippen LogP contribution in [-0.4, -0.2) is 13.2 Å². The first-order chi connectivity index (χ1) is 9.65. The van der Waals surface area contributed by atoms with Gasteiger partial charge in [0.1, 0.15) is 24.3 Å². The van der Waals surface area contributed by atoms with E-state index >= 15 is 0 Å². The first-order valence-electron chi connectivity index (χ1n) is 5.88. The predicted molar refractivity (Wildman–Crippen MR) is 80.2 cm³/mol. The maximum atomic E-state index is 8.78. The zero-order valence-corrected chi connectivity index (χ0v) is 12.6. The van der Waals surface area contributed by atoms with E-state index < -0.39 is 0 Å². The van der Waals surface area contributed by atoms with Crippen LogP contribution in [0.3, 0.4) is 0 Å². The van der Waals surface area contributed by atoms with Gasteiger partial charge in [0, 0.05) is 0 Å². The molecule has 0 unspecified atom stereocenters. The van der Waals surface area contributed by atoms with Crippen LogP contribution in [0.15, 0.2) is 34.8 Å². The molecule has 0 N–H and O–H groups in total. The molecular weight excluding hydrogens is 320 g/mol. The summed E-state index contributed by atoms with van der Waals surface area (Å²) >= 11 is 3.40. The SMILES string of the molecule is C=CCOc1c(Br)cc(C=C(C#N)C#N)cc1OCC. The Balaban J connectivity index is 3.26. The highest BCUT2D eigenvalue weighted by molar-refractivity contribution is 9.10. The summed E-state index contributed by atoms with van der Waals surface area (Å²) in [5.41, 5.74) is 0.712. The van der Waals surface area contributed by atoms with Gasteiger partial charge in [0.25, 0.3) is 0 Å². The van der Waals surface area contributed by atoms with Crippen LogP contribution in [0.2, 0.25) is 0 Å². The number of hydrogen-bond donors (Lipinski definition) is 0. The van der Waals surface area contributed by atoms with Gasteiger partial charge in [0.05, 0.1) is 11.1 Å². The molecule has 0 aliphatic heterocycles. The fraction of sp³-hybridized carbons (Fsp3) is 0.200. The van der Waals surface area contributed by atoms with E-state index in [1.165, 1.54) is 6.08 Å². The normalized spacial score (nSPS) is 9.00. The lowest BCUT2D eigenvalue weighted by Crippen LogP contribution is -2.00. The summed E-state index contributed by atoms with van der Waals surface area (Å²) in [7, 11) is 0. The van der Waals surface area contributed by atoms with Gasteiger partial charge in [-0.1, -0.05) is 12.7 Å². The van der Waals surface area contributed by atoms with Crippen molar-refractivity contribution in [1.82, 2.24) is 0 Å². The Hall–Kier alpha value is -2.24. The van der Waals surface area contributed by atoms with E-state index in [0.29, 0.717) is 34.7 Å². The summed E-state index contributed by atoms with van der Waals surface area (Å²) in [5.74, 6) is 1.12. The van der Waals surface area contributed by atoms with Crippen molar-refractivity contribution in [3.05, 3.63) is 40.4 Å². The van der Waals surface area contributed by atoms with Gasteiger partial charge < -0.3 is 9.47 Å². The van der Waals surface area contributed by atoms with Crippen molar-refractivity contribution in [1.29, 1.82) is 10.5 Å². The summed E-state index contributed by atoms with van der Waals surface area (Å²) in [6.45, 7) is 6.30. The highest BCUT2D eigenvalue weighted by Crippen LogP contribution is 2.37. The van der Waals surface area contributed by atoms with Gasteiger partial charge in [-0.3, -0.25) is 0 Å². The Morgan fingerprint density at radius 1 is 1.35 bits per heavy atom. The summed E-state index contributed by atoms with van der Waals surface area (Å²) in [5, 5.41) is 17.6. The Bertz CT molecular complexity index is 594. The quantitative estimate of drug-likeness (QED) is 0.586. The lowest BCUT2D eigenvalue weighted by atomic mass is 10.1. The first kappa shape index (κ1) is 15.8. The van der Waals surface area contributed by atoms with Crippen molar-refractivity contribution in [3.63, 3.8) is 0 Å². The molecule has 0 radical (unpaired) electrons. The van der Waals surface area contributed by atoms with Crippen LogP contribution < -0.4 is 9.47 Å². The molecule has 20 heavy (non-hydrogen) atoms. The third-order valence-corrected chi connectivity index (χ3v) is 2.82. The van der Waals surface area contributed by atoms with Crippen LogP contribution >= 0.6 is 15.9 Å². The van der Waals surface area contributed by atoms with Crippen LogP contribution in [0.4, 0.5) is 0 Å². The van der Waals surface area contributed by atoms with Crippen molar-refractivity contribution >= 4 is 22.0 Å². The second-order valence-electron chi connectivity index (χ2n) is 3.64. The average Bonchev–Trinajstić information content (AvgIpc) is 2.44. The highest BCUT2D eigenvalue weighted by Gasteiger charge is 2.11. The first-order valence-corrected chi connectivity index (χ1v) is 6.67. The Labute approximate surface area is 126 Å². The van der Waals surface area contributed by atoms with Gasteiger partial charge >= 0.3 is 0 Å². The number of rotatable bonds is 6. The molecule has 0 aliphatic rings. The van der Waals surface area contributed by atoms with Crippen LogP contribution in [0.25, 0.3) is 6.08 Å². The molecule has 102 valence electrons. The third kappa shape index (κ3) is 4.15. The van der Waals surface area contributed by atoms with E-state index in [1.54, 1.807) is 18.2 Å². The van der Waals surface area contributed by atoms with E-state index in [9.17, 15) is 0 Å². The molecule has 0 heterocycles. The van der Waals surface area contributed by atoms with Gasteiger partial charge in [-0.05, 0) is 46.6 Å². The number of benzene rings is 1. The molecule has 0 bridgehead atoms. The monoisotopic (exact) mass is 332 g/mol. The Kier molecular flexibility index (Phi) is 6.36. The maximum absolute atomic E-state index is 8.78. The number of hydrogen-bond acceptors (Lipinski definition) is 4. The zero-order valence-electron chi connectivity index (χ0n) is 11.0. The van der Waals surface area contributed by atoms with E-state index in [1.807, 2.05) is 19.1 Å². The molecule has 0 fully saturated rings. The van der Waals surface area contributed by atoms with Gasteiger partial charge in [-0.25, -0.2) is 0 Å². The standard InChI is InChI=1S/C15H13BrN2O2/c1-3-5-20-15-13(16)7-11(6-12(9-17)10-18)8-14(15)19-4-2/h3,6-8H,1,4-5H2,2H3. The number of nitrogens with zero attached hydrogens (tertiary/aromatic N) is 2. The minimum atomic E-state index is 0.0270. The molecular formula is C15H13BrN2O2. The average molecular weight is 333 g/mol. The molecule has 5 heteroatoms. The summed E-state index contributed by atoms with van der Waals surface area (Å²) in [6, 6.07) is 7.12. The second kappa shape index (κ2) is 8.04. The molecule has 0 atom stereocenters. The van der Waals surface area contributed by atoms with E-state index in [-0.39, 0.29) is 5.57 Å². The molecule has 0 spiro atoms. The fourth-order valence-electron chi connectivity index (χ4n) is 1.47. The Morgan fingerprint density at radius 3 is 2.60 bits per heavy atom. The molecule has 1 rings (SSSR count). The predicted octanol–water partition coefficient (Wildman–Crippen LogP) is 3.84. The third-order valence-electron chi connectivity index (χ3n) is 2.23. The zero-order chi connectivity index (χ0) is 15.0. The number of allylic oxidation sites excluding steroid dienone is 1. The van der Waals surface area contributed by atoms with Gasteiger partial charge in [0.2, 0.25) is 0 Å². The molecule has 0 saturated heterocycles. The van der Waals surface area contributed by atoms with Crippen molar-refractivity contribution in [2.24, 2.45) is 0 Å². The van der Waals surface area contributed by atoms with E-state index in [4.69, 9.17) is 20.0 Å². The van der Waals surface area contributed by atoms with Crippen molar-refractivity contribution < 1.29 is 9.47 Å². The van der Waals surface area contributed by atoms with Gasteiger partial charge in [0.15, 0.2) is 11.5 Å². The minimum Gasteiger partial charge on any atom is -0.490 e. The van der Waals surface area contributed by atoms with E-state index in [0.717, 1.165) is 0 Å². The highest BCUT2D eigenvalue weighted by atomic mass is 79.9. The molecule has 1 aromatic carbocycles. The minimum absolute atomic E-state index is 0.0270. The smallest absolute Gasteiger partial charge is 0.175 e. The molecule has 0 saturated carbocycles. The van der Waals surface area contributed by atoms with Crippen LogP contribution in [-0.2, 0) is 0 Å². The van der Waals surface area contributed by atoms with Gasteiger partial charge in [-0.15, -0.1) is 0 Å². The summed E-state index contributed by atoms with van der Waals surface area (Å²) in [6.07, 6.45) is 3.13. The van der Waals surface area contributed by atoms with Crippen molar-refractivity contribution in [2.45, 2.75) is 6.92 Å². The lowest BCUT2D eigenvalue weighted by molar-refractivity contribution is 0.295. The second-order valence-corrected chi connectivity index (χ2v) is 4.50. The van der Waals surface area contributed by atoms with Gasteiger partial charge in [-0.2, -0.15) is 10.5 Å². The molecule has 0 aliphatic carbocycles. The van der Waals surface area contributed by atoms with E-state index in [2.05, 4.69) is 22.5 Å². The molecule has 4 nitrogen and oxygen atoms in total. The summed E-state index contributed by atoms with van der Waals surface area (Å²) in [4.78, 5) is 0. The van der Waals surface area contributed by atoms with Crippen molar-refractivity contribution in [2.75, 3.05) is 13.2 Å². The Morgan fingerprint density at radius 2 is 2.05 bits per heavy atom. The van der Waals surface area contributed by atoms with Crippen LogP contribution in [0.1, 0.15) is 12.5 Å². The number of nitriles is 2. The molecule has 1 aromatic rings. The van der Waals surface area contributed by atoms with Crippen molar-refractivity contribution in [3.8, 4) is 23.6 Å².